The first-order chi connectivity index (χ1) is 8.54. The molecule has 0 aliphatic heterocycles. The van der Waals surface area contributed by atoms with Gasteiger partial charge in [0.15, 0.2) is 0 Å². The van der Waals surface area contributed by atoms with Crippen LogP contribution in [0.15, 0.2) is 12.5 Å². The highest BCUT2D eigenvalue weighted by Gasteiger charge is 2.18. The fraction of sp³-hybridized carbons (Fsp3) is 0.500. The lowest BCUT2D eigenvalue weighted by molar-refractivity contribution is 0.168. The number of aromatic nitrogens is 4. The molecule has 98 valence electrons. The molecule has 0 amide bonds. The highest BCUT2D eigenvalue weighted by Crippen LogP contribution is 2.25. The van der Waals surface area contributed by atoms with Crippen LogP contribution in [-0.4, -0.2) is 24.4 Å². The maximum atomic E-state index is 10.3. The third kappa shape index (κ3) is 2.28. The zero-order valence-corrected chi connectivity index (χ0v) is 11.5. The van der Waals surface area contributed by atoms with E-state index in [1.807, 2.05) is 18.4 Å². The summed E-state index contributed by atoms with van der Waals surface area (Å²) in [6.45, 7) is 4.69. The van der Waals surface area contributed by atoms with E-state index in [1.54, 1.807) is 24.3 Å². The summed E-state index contributed by atoms with van der Waals surface area (Å²) in [6, 6.07) is 0. The molecule has 2 aromatic rings. The third-order valence-electron chi connectivity index (χ3n) is 3.09. The molecule has 0 radical (unpaired) electrons. The second kappa shape index (κ2) is 5.12. The standard InChI is InChI=1S/C12H17ClN4O/c1-4-17-7-14-6-10(17)11(18)5-9-8(2)15-16(3)12(9)13/h6-7,11,18H,4-5H2,1-3H3. The van der Waals surface area contributed by atoms with Crippen LogP contribution < -0.4 is 0 Å². The summed E-state index contributed by atoms with van der Waals surface area (Å²) in [5.74, 6) is 0. The molecule has 0 aromatic carbocycles. The first-order valence-corrected chi connectivity index (χ1v) is 6.28. The molecule has 2 heterocycles. The Morgan fingerprint density at radius 3 is 2.78 bits per heavy atom. The summed E-state index contributed by atoms with van der Waals surface area (Å²) in [5.41, 5.74) is 2.54. The van der Waals surface area contributed by atoms with Crippen LogP contribution in [0, 0.1) is 6.92 Å². The molecule has 0 aliphatic carbocycles. The van der Waals surface area contributed by atoms with Crippen LogP contribution in [0.1, 0.15) is 30.0 Å². The average Bonchev–Trinajstić information content (AvgIpc) is 2.90. The summed E-state index contributed by atoms with van der Waals surface area (Å²) in [7, 11) is 1.79. The Morgan fingerprint density at radius 2 is 2.22 bits per heavy atom. The number of aryl methyl sites for hydroxylation is 3. The van der Waals surface area contributed by atoms with E-state index in [9.17, 15) is 5.11 Å². The quantitative estimate of drug-likeness (QED) is 0.921. The molecular formula is C12H17ClN4O. The van der Waals surface area contributed by atoms with Gasteiger partial charge < -0.3 is 9.67 Å². The van der Waals surface area contributed by atoms with Crippen molar-refractivity contribution in [1.29, 1.82) is 0 Å². The predicted molar refractivity (Wildman–Crippen MR) is 69.5 cm³/mol. The number of aliphatic hydroxyl groups excluding tert-OH is 1. The average molecular weight is 269 g/mol. The van der Waals surface area contributed by atoms with E-state index in [4.69, 9.17) is 11.6 Å². The van der Waals surface area contributed by atoms with E-state index < -0.39 is 6.10 Å². The van der Waals surface area contributed by atoms with Gasteiger partial charge in [-0.3, -0.25) is 4.68 Å². The topological polar surface area (TPSA) is 55.9 Å². The van der Waals surface area contributed by atoms with Gasteiger partial charge in [-0.05, 0) is 13.8 Å². The molecule has 18 heavy (non-hydrogen) atoms. The number of nitrogens with zero attached hydrogens (tertiary/aromatic N) is 4. The highest BCUT2D eigenvalue weighted by atomic mass is 35.5. The van der Waals surface area contributed by atoms with E-state index in [-0.39, 0.29) is 0 Å². The van der Waals surface area contributed by atoms with Crippen molar-refractivity contribution in [3.8, 4) is 0 Å². The van der Waals surface area contributed by atoms with Gasteiger partial charge in [0.2, 0.25) is 0 Å². The molecular weight excluding hydrogens is 252 g/mol. The Kier molecular flexibility index (Phi) is 3.73. The van der Waals surface area contributed by atoms with Crippen molar-refractivity contribution in [2.45, 2.75) is 32.9 Å². The predicted octanol–water partition coefficient (Wildman–Crippen LogP) is 1.87. The molecule has 0 bridgehead atoms. The van der Waals surface area contributed by atoms with E-state index >= 15 is 0 Å². The van der Waals surface area contributed by atoms with Gasteiger partial charge in [-0.25, -0.2) is 4.98 Å². The van der Waals surface area contributed by atoms with Gasteiger partial charge in [-0.15, -0.1) is 0 Å². The van der Waals surface area contributed by atoms with Gasteiger partial charge in [0.05, 0.1) is 30.0 Å². The number of imidazole rings is 1. The Bertz CT molecular complexity index is 546. The fourth-order valence-corrected chi connectivity index (χ4v) is 2.33. The summed E-state index contributed by atoms with van der Waals surface area (Å²) >= 11 is 6.16. The van der Waals surface area contributed by atoms with Gasteiger partial charge in [0.1, 0.15) is 5.15 Å². The second-order valence-corrected chi connectivity index (χ2v) is 4.66. The molecule has 0 aliphatic rings. The first kappa shape index (κ1) is 13.1. The van der Waals surface area contributed by atoms with Crippen molar-refractivity contribution in [2.24, 2.45) is 7.05 Å². The molecule has 6 heteroatoms. The van der Waals surface area contributed by atoms with Gasteiger partial charge >= 0.3 is 0 Å². The van der Waals surface area contributed by atoms with Crippen molar-refractivity contribution >= 4 is 11.6 Å². The normalized spacial score (nSPS) is 12.9. The zero-order valence-electron chi connectivity index (χ0n) is 10.8. The molecule has 0 fully saturated rings. The van der Waals surface area contributed by atoms with Gasteiger partial charge in [0, 0.05) is 25.6 Å². The van der Waals surface area contributed by atoms with Crippen LogP contribution >= 0.6 is 11.6 Å². The zero-order chi connectivity index (χ0) is 13.3. The Morgan fingerprint density at radius 1 is 1.50 bits per heavy atom. The van der Waals surface area contributed by atoms with Gasteiger partial charge in [0.25, 0.3) is 0 Å². The van der Waals surface area contributed by atoms with Crippen LogP contribution in [0.4, 0.5) is 0 Å². The molecule has 2 aromatic heterocycles. The summed E-state index contributed by atoms with van der Waals surface area (Å²) < 4.78 is 3.54. The van der Waals surface area contributed by atoms with Gasteiger partial charge in [-0.1, -0.05) is 11.6 Å². The molecule has 0 saturated heterocycles. The second-order valence-electron chi connectivity index (χ2n) is 4.30. The number of aliphatic hydroxyl groups is 1. The minimum absolute atomic E-state index is 0.449. The number of hydrogen-bond donors (Lipinski definition) is 1. The van der Waals surface area contributed by atoms with Crippen molar-refractivity contribution in [1.82, 2.24) is 19.3 Å². The number of hydrogen-bond acceptors (Lipinski definition) is 3. The lowest BCUT2D eigenvalue weighted by atomic mass is 10.1. The van der Waals surface area contributed by atoms with Crippen molar-refractivity contribution in [3.05, 3.63) is 34.6 Å². The number of rotatable bonds is 4. The monoisotopic (exact) mass is 268 g/mol. The summed E-state index contributed by atoms with van der Waals surface area (Å²) in [4.78, 5) is 4.05. The summed E-state index contributed by atoms with van der Waals surface area (Å²) in [6.07, 6.45) is 3.24. The number of halogens is 1. The molecule has 0 saturated carbocycles. The van der Waals surface area contributed by atoms with Crippen molar-refractivity contribution < 1.29 is 5.11 Å². The molecule has 5 nitrogen and oxygen atoms in total. The Hall–Kier alpha value is -1.33. The largest absolute Gasteiger partial charge is 0.386 e. The SMILES string of the molecule is CCn1cncc1C(O)Cc1c(C)nn(C)c1Cl. The lowest BCUT2D eigenvalue weighted by Crippen LogP contribution is -2.09. The molecule has 2 rings (SSSR count). The van der Waals surface area contributed by atoms with E-state index in [0.717, 1.165) is 23.5 Å². The first-order valence-electron chi connectivity index (χ1n) is 5.90. The molecule has 0 spiro atoms. The fourth-order valence-electron chi connectivity index (χ4n) is 2.08. The van der Waals surface area contributed by atoms with E-state index in [1.165, 1.54) is 0 Å². The summed E-state index contributed by atoms with van der Waals surface area (Å²) in [5, 5.41) is 15.1. The Labute approximate surface area is 111 Å². The van der Waals surface area contributed by atoms with Crippen molar-refractivity contribution in [3.63, 3.8) is 0 Å². The van der Waals surface area contributed by atoms with Crippen LogP contribution in [0.25, 0.3) is 0 Å². The van der Waals surface area contributed by atoms with Crippen LogP contribution in [0.3, 0.4) is 0 Å². The Balaban J connectivity index is 2.24. The lowest BCUT2D eigenvalue weighted by Gasteiger charge is -2.12. The van der Waals surface area contributed by atoms with E-state index in [0.29, 0.717) is 11.6 Å². The van der Waals surface area contributed by atoms with Crippen LogP contribution in [0.5, 0.6) is 0 Å². The highest BCUT2D eigenvalue weighted by molar-refractivity contribution is 6.30. The maximum Gasteiger partial charge on any atom is 0.130 e. The van der Waals surface area contributed by atoms with Gasteiger partial charge in [-0.2, -0.15) is 5.10 Å². The molecule has 1 atom stereocenters. The van der Waals surface area contributed by atoms with E-state index in [2.05, 4.69) is 10.1 Å². The smallest absolute Gasteiger partial charge is 0.130 e. The van der Waals surface area contributed by atoms with Crippen LogP contribution in [0.2, 0.25) is 5.15 Å². The molecule has 1 N–H and O–H groups in total. The molecule has 1 unspecified atom stereocenters. The minimum atomic E-state index is -0.618. The van der Waals surface area contributed by atoms with Crippen LogP contribution in [-0.2, 0) is 20.0 Å². The van der Waals surface area contributed by atoms with Crippen molar-refractivity contribution in [2.75, 3.05) is 0 Å². The minimum Gasteiger partial charge on any atom is -0.386 e. The third-order valence-corrected chi connectivity index (χ3v) is 3.57. The maximum absolute atomic E-state index is 10.3.